The van der Waals surface area contributed by atoms with Crippen LogP contribution in [0.4, 0.5) is 8.78 Å². The van der Waals surface area contributed by atoms with Crippen molar-refractivity contribution in [2.24, 2.45) is 28.6 Å². The van der Waals surface area contributed by atoms with Crippen LogP contribution < -0.4 is 0 Å². The molecule has 0 saturated heterocycles. The Kier molecular flexibility index (Phi) is 5.69. The lowest BCUT2D eigenvalue weighted by Crippen LogP contribution is -2.69. The molecule has 36 heavy (non-hydrogen) atoms. The highest BCUT2D eigenvalue weighted by Crippen LogP contribution is 2.71. The molecule has 1 N–H and O–H groups in total. The number of alkyl halides is 1. The van der Waals surface area contributed by atoms with E-state index in [-0.39, 0.29) is 42.6 Å². The van der Waals surface area contributed by atoms with Gasteiger partial charge in [0.15, 0.2) is 17.1 Å². The molecule has 0 unspecified atom stereocenters. The number of thiol groups is 1. The molecule has 5 rings (SSSR count). The number of hydrogen-bond acceptors (Lipinski definition) is 5. The van der Waals surface area contributed by atoms with Crippen molar-refractivity contribution in [2.75, 3.05) is 0 Å². The zero-order valence-electron chi connectivity index (χ0n) is 20.5. The zero-order chi connectivity index (χ0) is 26.3. The second kappa shape index (κ2) is 8.09. The van der Waals surface area contributed by atoms with Gasteiger partial charge in [-0.1, -0.05) is 38.1 Å². The summed E-state index contributed by atoms with van der Waals surface area (Å²) < 4.78 is 38.9. The predicted molar refractivity (Wildman–Crippen MR) is 132 cm³/mol. The number of ether oxygens (including phenoxy) is 1. The van der Waals surface area contributed by atoms with Crippen molar-refractivity contribution >= 4 is 29.5 Å². The van der Waals surface area contributed by atoms with Crippen LogP contribution in [0, 0.1) is 28.6 Å². The molecule has 8 atom stereocenters. The standard InChI is InChI=1S/C28H30F2O5S/c1-15-11-18-19-13-21(29)20-12-17(31)9-10-25(20,2)27(19,30)22(32)14-26(18,3)28(15,24(34)36)35-23(33)16-7-5-4-6-8-16/h4-10,15,18-19,22,32H,11-14H2,1-3H3,(H,34,36)/t15-,18+,19+,22+,25+,26+,27+,28+/m1/s1. The summed E-state index contributed by atoms with van der Waals surface area (Å²) in [7, 11) is 0. The van der Waals surface area contributed by atoms with E-state index >= 15 is 8.78 Å². The number of esters is 1. The van der Waals surface area contributed by atoms with Crippen LogP contribution in [-0.2, 0) is 14.3 Å². The molecule has 0 bridgehead atoms. The number of ketones is 1. The molecule has 0 heterocycles. The molecule has 0 aromatic heterocycles. The normalized spacial score (nSPS) is 43.5. The molecule has 2 fully saturated rings. The Bertz CT molecular complexity index is 1210. The molecule has 4 aliphatic rings. The number of aliphatic hydroxyl groups is 1. The van der Waals surface area contributed by atoms with Crippen LogP contribution in [0.15, 0.2) is 53.9 Å². The van der Waals surface area contributed by atoms with Crippen molar-refractivity contribution in [2.45, 2.75) is 63.8 Å². The van der Waals surface area contributed by atoms with Crippen molar-refractivity contribution in [1.29, 1.82) is 0 Å². The van der Waals surface area contributed by atoms with Gasteiger partial charge >= 0.3 is 5.97 Å². The van der Waals surface area contributed by atoms with Gasteiger partial charge in [-0.25, -0.2) is 13.6 Å². The summed E-state index contributed by atoms with van der Waals surface area (Å²) in [5, 5.41) is 10.8. The molecule has 2 saturated carbocycles. The lowest BCUT2D eigenvalue weighted by molar-refractivity contribution is -0.213. The van der Waals surface area contributed by atoms with Gasteiger partial charge in [-0.3, -0.25) is 9.59 Å². The van der Waals surface area contributed by atoms with Gasteiger partial charge in [-0.05, 0) is 49.5 Å². The third-order valence-corrected chi connectivity index (χ3v) is 10.1. The number of hydrogen-bond donors (Lipinski definition) is 2. The lowest BCUT2D eigenvalue weighted by Gasteiger charge is -2.62. The lowest BCUT2D eigenvalue weighted by atomic mass is 9.45. The second-order valence-electron chi connectivity index (χ2n) is 11.3. The molecule has 1 aromatic carbocycles. The molecular formula is C28H30F2O5S. The van der Waals surface area contributed by atoms with Gasteiger partial charge in [0, 0.05) is 35.5 Å². The van der Waals surface area contributed by atoms with Crippen LogP contribution in [0.5, 0.6) is 0 Å². The van der Waals surface area contributed by atoms with Crippen LogP contribution in [0.25, 0.3) is 0 Å². The SMILES string of the molecule is C[C@@H]1C[C@H]2[C@@H]3CC(F)=C4CC(=O)C=C[C@]4(C)[C@@]3(F)[C@@H](O)C[C@]2(C)[C@@]1(OC(=O)c1ccccc1)C(=O)S. The van der Waals surface area contributed by atoms with Crippen molar-refractivity contribution in [1.82, 2.24) is 0 Å². The number of fused-ring (bicyclic) bond motifs is 5. The Morgan fingerprint density at radius 1 is 1.17 bits per heavy atom. The largest absolute Gasteiger partial charge is 0.446 e. The van der Waals surface area contributed by atoms with E-state index in [2.05, 4.69) is 12.6 Å². The second-order valence-corrected chi connectivity index (χ2v) is 11.7. The van der Waals surface area contributed by atoms with Crippen LogP contribution >= 0.6 is 12.6 Å². The topological polar surface area (TPSA) is 80.7 Å². The maximum atomic E-state index is 17.3. The van der Waals surface area contributed by atoms with Crippen LogP contribution in [-0.4, -0.2) is 39.3 Å². The number of aliphatic hydroxyl groups excluding tert-OH is 1. The number of benzene rings is 1. The Morgan fingerprint density at radius 3 is 2.47 bits per heavy atom. The molecule has 0 radical (unpaired) electrons. The summed E-state index contributed by atoms with van der Waals surface area (Å²) in [6.45, 7) is 5.01. The van der Waals surface area contributed by atoms with Gasteiger partial charge in [0.05, 0.1) is 11.7 Å². The van der Waals surface area contributed by atoms with Crippen molar-refractivity contribution in [3.8, 4) is 0 Å². The highest BCUT2D eigenvalue weighted by molar-refractivity contribution is 7.96. The first-order chi connectivity index (χ1) is 16.8. The third kappa shape index (κ3) is 3.00. The Balaban J connectivity index is 1.63. The van der Waals surface area contributed by atoms with Crippen LogP contribution in [0.3, 0.4) is 0 Å². The minimum absolute atomic E-state index is 0.0782. The zero-order valence-corrected chi connectivity index (χ0v) is 21.4. The smallest absolute Gasteiger partial charge is 0.339 e. The van der Waals surface area contributed by atoms with Gasteiger partial charge in [0.1, 0.15) is 5.83 Å². The molecule has 0 amide bonds. The fourth-order valence-electron chi connectivity index (χ4n) is 7.99. The first kappa shape index (κ1) is 25.3. The number of halogens is 2. The van der Waals surface area contributed by atoms with Crippen molar-refractivity contribution < 1.29 is 33.0 Å². The van der Waals surface area contributed by atoms with Gasteiger partial charge in [0.25, 0.3) is 0 Å². The van der Waals surface area contributed by atoms with E-state index in [1.54, 1.807) is 44.2 Å². The van der Waals surface area contributed by atoms with Crippen molar-refractivity contribution in [3.63, 3.8) is 0 Å². The van der Waals surface area contributed by atoms with E-state index < -0.39 is 62.9 Å². The maximum absolute atomic E-state index is 17.3. The van der Waals surface area contributed by atoms with Crippen LogP contribution in [0.1, 0.15) is 56.8 Å². The van der Waals surface area contributed by atoms with E-state index in [4.69, 9.17) is 4.74 Å². The van der Waals surface area contributed by atoms with Gasteiger partial charge in [0.2, 0.25) is 5.12 Å². The van der Waals surface area contributed by atoms with Gasteiger partial charge in [-0.2, -0.15) is 0 Å². The Labute approximate surface area is 214 Å². The molecular weight excluding hydrogens is 486 g/mol. The van der Waals surface area contributed by atoms with Gasteiger partial charge in [-0.15, -0.1) is 12.6 Å². The van der Waals surface area contributed by atoms with Crippen molar-refractivity contribution in [3.05, 3.63) is 59.4 Å². The minimum Gasteiger partial charge on any atom is -0.446 e. The molecule has 4 aliphatic carbocycles. The van der Waals surface area contributed by atoms with Crippen LogP contribution in [0.2, 0.25) is 0 Å². The summed E-state index contributed by atoms with van der Waals surface area (Å²) in [4.78, 5) is 38.4. The van der Waals surface area contributed by atoms with E-state index in [1.807, 2.05) is 0 Å². The average molecular weight is 517 g/mol. The molecule has 0 spiro atoms. The fraction of sp³-hybridized carbons (Fsp3) is 0.536. The highest BCUT2D eigenvalue weighted by atomic mass is 32.1. The summed E-state index contributed by atoms with van der Waals surface area (Å²) in [5.74, 6) is -3.70. The summed E-state index contributed by atoms with van der Waals surface area (Å²) in [6, 6.07) is 8.24. The monoisotopic (exact) mass is 516 g/mol. The molecule has 0 aliphatic heterocycles. The van der Waals surface area contributed by atoms with Gasteiger partial charge < -0.3 is 9.84 Å². The number of carbonyl (C=O) groups is 3. The molecule has 192 valence electrons. The first-order valence-electron chi connectivity index (χ1n) is 12.3. The van der Waals surface area contributed by atoms with E-state index in [0.717, 1.165) is 0 Å². The number of rotatable bonds is 3. The number of carbonyl (C=O) groups excluding carboxylic acids is 3. The maximum Gasteiger partial charge on any atom is 0.339 e. The quantitative estimate of drug-likeness (QED) is 0.439. The van der Waals surface area contributed by atoms with E-state index in [1.165, 1.54) is 19.1 Å². The Hall–Kier alpha value is -2.32. The molecule has 8 heteroatoms. The summed E-state index contributed by atoms with van der Waals surface area (Å²) in [6.07, 6.45) is 0.636. The third-order valence-electron chi connectivity index (χ3n) is 9.78. The summed E-state index contributed by atoms with van der Waals surface area (Å²) in [5.41, 5.74) is -6.38. The van der Waals surface area contributed by atoms with E-state index in [0.29, 0.717) is 0 Å². The first-order valence-corrected chi connectivity index (χ1v) is 12.8. The highest BCUT2D eigenvalue weighted by Gasteiger charge is 2.77. The average Bonchev–Trinajstić information content (AvgIpc) is 3.05. The number of allylic oxidation sites excluding steroid dienone is 4. The molecule has 5 nitrogen and oxygen atoms in total. The minimum atomic E-state index is -2.27. The summed E-state index contributed by atoms with van der Waals surface area (Å²) >= 11 is 4.16. The molecule has 1 aromatic rings. The predicted octanol–water partition coefficient (Wildman–Crippen LogP) is 4.95. The Morgan fingerprint density at radius 2 is 1.83 bits per heavy atom. The fourth-order valence-corrected chi connectivity index (χ4v) is 8.52. The van der Waals surface area contributed by atoms with E-state index in [9.17, 15) is 19.5 Å².